The van der Waals surface area contributed by atoms with Crippen molar-refractivity contribution in [2.45, 2.75) is 63.2 Å². The van der Waals surface area contributed by atoms with Crippen molar-refractivity contribution in [1.29, 1.82) is 0 Å². The van der Waals surface area contributed by atoms with E-state index < -0.39 is 0 Å². The molecule has 1 amide bonds. The van der Waals surface area contributed by atoms with Crippen LogP contribution >= 0.6 is 23.4 Å². The number of nitrogens with one attached hydrogen (secondary N) is 1. The van der Waals surface area contributed by atoms with Gasteiger partial charge in [-0.2, -0.15) is 0 Å². The molecule has 0 fully saturated rings. The first-order valence-corrected chi connectivity index (χ1v) is 12.2. The molecule has 1 heterocycles. The molecule has 1 aromatic heterocycles. The van der Waals surface area contributed by atoms with E-state index in [2.05, 4.69) is 33.9 Å². The van der Waals surface area contributed by atoms with E-state index in [9.17, 15) is 9.18 Å². The van der Waals surface area contributed by atoms with Gasteiger partial charge >= 0.3 is 0 Å². The number of halogens is 2. The Morgan fingerprint density at radius 1 is 1.15 bits per heavy atom. The molecule has 176 valence electrons. The molecule has 1 N–H and O–H groups in total. The maximum atomic E-state index is 13.1. The lowest BCUT2D eigenvalue weighted by atomic mass is 10.2. The maximum absolute atomic E-state index is 13.1. The van der Waals surface area contributed by atoms with E-state index in [0.717, 1.165) is 18.4 Å². The minimum Gasteiger partial charge on any atom is -0.484 e. The number of hydrogen-bond acceptors (Lipinski definition) is 5. The highest BCUT2D eigenvalue weighted by Gasteiger charge is 2.23. The number of hydrogen-bond donors (Lipinski definition) is 1. The predicted molar refractivity (Wildman–Crippen MR) is 129 cm³/mol. The number of nitrogens with zero attached hydrogens (tertiary/aromatic N) is 3. The Bertz CT molecular complexity index is 1060. The van der Waals surface area contributed by atoms with Gasteiger partial charge in [-0.15, -0.1) is 10.2 Å². The monoisotopic (exact) mass is 490 g/mol. The molecule has 1 unspecified atom stereocenters. The molecule has 2 aromatic carbocycles. The van der Waals surface area contributed by atoms with Crippen LogP contribution in [-0.2, 0) is 17.9 Å². The normalized spacial score (nSPS) is 12.1. The van der Waals surface area contributed by atoms with Gasteiger partial charge in [0.15, 0.2) is 11.0 Å². The Hall–Kier alpha value is -2.58. The van der Waals surface area contributed by atoms with Crippen LogP contribution in [-0.4, -0.2) is 25.9 Å². The van der Waals surface area contributed by atoms with E-state index in [-0.39, 0.29) is 29.6 Å². The third-order valence-corrected chi connectivity index (χ3v) is 6.64. The first-order valence-electron chi connectivity index (χ1n) is 10.9. The van der Waals surface area contributed by atoms with Crippen molar-refractivity contribution >= 4 is 29.3 Å². The van der Waals surface area contributed by atoms with Crippen LogP contribution in [0.1, 0.15) is 51.0 Å². The fraction of sp³-hybridized carbons (Fsp3) is 0.375. The van der Waals surface area contributed by atoms with Crippen LogP contribution < -0.4 is 10.1 Å². The van der Waals surface area contributed by atoms with Gasteiger partial charge in [0.2, 0.25) is 5.91 Å². The van der Waals surface area contributed by atoms with Gasteiger partial charge in [-0.05, 0) is 49.6 Å². The van der Waals surface area contributed by atoms with E-state index in [0.29, 0.717) is 28.3 Å². The number of ether oxygens (including phenoxy) is 1. The topological polar surface area (TPSA) is 69.0 Å². The largest absolute Gasteiger partial charge is 0.484 e. The van der Waals surface area contributed by atoms with Gasteiger partial charge in [0.1, 0.15) is 18.2 Å². The van der Waals surface area contributed by atoms with Crippen LogP contribution in [0.25, 0.3) is 0 Å². The quantitative estimate of drug-likeness (QED) is 0.343. The Labute approximate surface area is 202 Å². The smallest absolute Gasteiger partial charge is 0.233 e. The van der Waals surface area contributed by atoms with E-state index >= 15 is 0 Å². The molecule has 0 aliphatic carbocycles. The lowest BCUT2D eigenvalue weighted by Gasteiger charge is -2.20. The molecule has 0 bridgehead atoms. The summed E-state index contributed by atoms with van der Waals surface area (Å²) in [6.07, 6.45) is 1.79. The Morgan fingerprint density at radius 2 is 1.85 bits per heavy atom. The molecule has 0 aliphatic rings. The van der Waals surface area contributed by atoms with Crippen LogP contribution in [0.5, 0.6) is 5.75 Å². The molecule has 1 atom stereocenters. The van der Waals surface area contributed by atoms with Gasteiger partial charge in [-0.3, -0.25) is 4.79 Å². The second-order valence-electron chi connectivity index (χ2n) is 7.56. The zero-order valence-electron chi connectivity index (χ0n) is 18.9. The molecule has 0 saturated carbocycles. The van der Waals surface area contributed by atoms with Crippen molar-refractivity contribution in [2.24, 2.45) is 0 Å². The number of para-hydroxylation sites is 1. The zero-order valence-corrected chi connectivity index (χ0v) is 20.5. The summed E-state index contributed by atoms with van der Waals surface area (Å²) in [5, 5.41) is 12.4. The summed E-state index contributed by atoms with van der Waals surface area (Å²) in [7, 11) is 0. The molecule has 0 radical (unpaired) electrons. The zero-order chi connectivity index (χ0) is 23.8. The number of amides is 1. The fourth-order valence-electron chi connectivity index (χ4n) is 3.36. The van der Waals surface area contributed by atoms with Crippen LogP contribution in [0.2, 0.25) is 5.02 Å². The van der Waals surface area contributed by atoms with Gasteiger partial charge in [-0.1, -0.05) is 61.5 Å². The average Bonchev–Trinajstić information content (AvgIpc) is 3.21. The summed E-state index contributed by atoms with van der Waals surface area (Å²) in [6, 6.07) is 13.5. The summed E-state index contributed by atoms with van der Waals surface area (Å²) in [5.74, 6) is 0.840. The summed E-state index contributed by atoms with van der Waals surface area (Å²) < 4.78 is 21.0. The van der Waals surface area contributed by atoms with Gasteiger partial charge in [0, 0.05) is 12.6 Å². The summed E-state index contributed by atoms with van der Waals surface area (Å²) in [5.41, 5.74) is 0.834. The van der Waals surface area contributed by atoms with Gasteiger partial charge in [-0.25, -0.2) is 4.39 Å². The van der Waals surface area contributed by atoms with Crippen LogP contribution in [0, 0.1) is 5.82 Å². The van der Waals surface area contributed by atoms with Crippen molar-refractivity contribution in [3.8, 4) is 5.75 Å². The second kappa shape index (κ2) is 12.0. The molecule has 6 nitrogen and oxygen atoms in total. The Kier molecular flexibility index (Phi) is 9.14. The number of carbonyl (C=O) groups excluding carboxylic acids is 1. The highest BCUT2D eigenvalue weighted by Crippen LogP contribution is 2.30. The molecule has 0 spiro atoms. The first kappa shape index (κ1) is 25.1. The lowest BCUT2D eigenvalue weighted by molar-refractivity contribution is -0.120. The molecule has 0 aliphatic heterocycles. The number of thioether (sulfide) groups is 1. The van der Waals surface area contributed by atoms with Crippen LogP contribution in [0.3, 0.4) is 0 Å². The molecule has 3 rings (SSSR count). The average molecular weight is 491 g/mol. The molecular weight excluding hydrogens is 463 g/mol. The maximum Gasteiger partial charge on any atom is 0.233 e. The standard InChI is InChI=1S/C24H28ClFN4O2S/c1-4-19(5-2)30-22(15-32-21-9-7-6-8-20(21)25)28-29-24(30)33-16(3)23(31)27-14-17-10-12-18(26)13-11-17/h6-13,16,19H,4-5,14-15H2,1-3H3,(H,27,31). The summed E-state index contributed by atoms with van der Waals surface area (Å²) >= 11 is 7.56. The van der Waals surface area contributed by atoms with Crippen LogP contribution in [0.4, 0.5) is 4.39 Å². The highest BCUT2D eigenvalue weighted by molar-refractivity contribution is 8.00. The number of carbonyl (C=O) groups is 1. The molecule has 0 saturated heterocycles. The third-order valence-electron chi connectivity index (χ3n) is 5.27. The first-order chi connectivity index (χ1) is 15.9. The molecular formula is C24H28ClFN4O2S. The number of aromatic nitrogens is 3. The van der Waals surface area contributed by atoms with E-state index in [4.69, 9.17) is 16.3 Å². The minimum atomic E-state index is -0.389. The summed E-state index contributed by atoms with van der Waals surface area (Å²) in [4.78, 5) is 12.7. The van der Waals surface area contributed by atoms with Crippen molar-refractivity contribution in [3.63, 3.8) is 0 Å². The Balaban J connectivity index is 1.69. The third kappa shape index (κ3) is 6.71. The van der Waals surface area contributed by atoms with Crippen molar-refractivity contribution < 1.29 is 13.9 Å². The van der Waals surface area contributed by atoms with Crippen LogP contribution in [0.15, 0.2) is 53.7 Å². The number of benzene rings is 2. The lowest BCUT2D eigenvalue weighted by Crippen LogP contribution is -2.30. The van der Waals surface area contributed by atoms with E-state index in [1.165, 1.54) is 23.9 Å². The van der Waals surface area contributed by atoms with E-state index in [1.807, 2.05) is 25.1 Å². The van der Waals surface area contributed by atoms with Gasteiger partial charge in [0.25, 0.3) is 0 Å². The van der Waals surface area contributed by atoms with Crippen molar-refractivity contribution in [2.75, 3.05) is 0 Å². The fourth-order valence-corrected chi connectivity index (χ4v) is 4.51. The molecule has 33 heavy (non-hydrogen) atoms. The molecule has 9 heteroatoms. The van der Waals surface area contributed by atoms with Gasteiger partial charge < -0.3 is 14.6 Å². The predicted octanol–water partition coefficient (Wildman–Crippen LogP) is 5.81. The van der Waals surface area contributed by atoms with Crippen molar-refractivity contribution in [1.82, 2.24) is 20.1 Å². The number of rotatable bonds is 11. The van der Waals surface area contributed by atoms with E-state index in [1.54, 1.807) is 18.2 Å². The molecule has 3 aromatic rings. The summed E-state index contributed by atoms with van der Waals surface area (Å²) in [6.45, 7) is 6.61. The second-order valence-corrected chi connectivity index (χ2v) is 9.28. The van der Waals surface area contributed by atoms with Gasteiger partial charge in [0.05, 0.1) is 10.3 Å². The Morgan fingerprint density at radius 3 is 2.52 bits per heavy atom. The SMILES string of the molecule is CCC(CC)n1c(COc2ccccc2Cl)nnc1SC(C)C(=O)NCc1ccc(F)cc1. The van der Waals surface area contributed by atoms with Crippen molar-refractivity contribution in [3.05, 3.63) is 70.8 Å². The highest BCUT2D eigenvalue weighted by atomic mass is 35.5. The minimum absolute atomic E-state index is 0.128.